The Morgan fingerprint density at radius 2 is 2.04 bits per heavy atom. The molecule has 0 radical (unpaired) electrons. The quantitative estimate of drug-likeness (QED) is 0.485. The van der Waals surface area contributed by atoms with Gasteiger partial charge in [-0.1, -0.05) is 6.07 Å². The highest BCUT2D eigenvalue weighted by Gasteiger charge is 2.22. The van der Waals surface area contributed by atoms with Crippen molar-refractivity contribution in [2.45, 2.75) is 0 Å². The average molecular weight is 402 g/mol. The second kappa shape index (κ2) is 6.53. The van der Waals surface area contributed by atoms with Gasteiger partial charge in [-0.3, -0.25) is 19.3 Å². The highest BCUT2D eigenvalue weighted by molar-refractivity contribution is 7.17. The minimum atomic E-state index is -0.917. The molecule has 0 aliphatic carbocycles. The zero-order valence-corrected chi connectivity index (χ0v) is 15.1. The molecule has 28 heavy (non-hydrogen) atoms. The summed E-state index contributed by atoms with van der Waals surface area (Å²) in [6.07, 6.45) is 2.61. The van der Waals surface area contributed by atoms with E-state index in [9.17, 15) is 18.4 Å². The Morgan fingerprint density at radius 1 is 1.32 bits per heavy atom. The summed E-state index contributed by atoms with van der Waals surface area (Å²) in [4.78, 5) is 29.2. The summed E-state index contributed by atoms with van der Waals surface area (Å²) in [6, 6.07) is 3.28. The van der Waals surface area contributed by atoms with Gasteiger partial charge in [0.25, 0.3) is 11.5 Å². The smallest absolute Gasteiger partial charge is 0.268 e. The van der Waals surface area contributed by atoms with Crippen LogP contribution in [0.4, 0.5) is 14.6 Å². The average Bonchev–Trinajstić information content (AvgIpc) is 3.30. The predicted molar refractivity (Wildman–Crippen MR) is 101 cm³/mol. The number of fused-ring (bicyclic) bond motifs is 1. The number of pyridine rings is 1. The molecule has 11 heteroatoms. The minimum absolute atomic E-state index is 0.0307. The Hall–Kier alpha value is -3.60. The normalized spacial score (nSPS) is 11.1. The first-order valence-electron chi connectivity index (χ1n) is 7.94. The molecular formula is C17H12F2N6O2S. The standard InChI is InChI=1S/C17H12F2N6O2S/c1-21-15(26)10-5-22-16(28-10)7-6-25(13-8(18)3-2-4-9(13)19)17(27)11-12(7)23-24-14(11)20/h2-6H,1H3,(H,21,26)(H3,20,23,24). The van der Waals surface area contributed by atoms with Crippen LogP contribution in [0.15, 0.2) is 35.4 Å². The van der Waals surface area contributed by atoms with Crippen molar-refractivity contribution >= 4 is 34.0 Å². The number of anilines is 1. The molecule has 1 aromatic carbocycles. The van der Waals surface area contributed by atoms with E-state index < -0.39 is 22.9 Å². The number of nitrogen functional groups attached to an aromatic ring is 1. The number of aromatic nitrogens is 4. The van der Waals surface area contributed by atoms with E-state index in [2.05, 4.69) is 20.5 Å². The summed E-state index contributed by atoms with van der Waals surface area (Å²) in [7, 11) is 1.48. The number of halogens is 2. The number of hydrogen-bond donors (Lipinski definition) is 3. The number of carbonyl (C=O) groups excluding carboxylic acids is 1. The van der Waals surface area contributed by atoms with Gasteiger partial charge in [0.2, 0.25) is 0 Å². The van der Waals surface area contributed by atoms with Crippen LogP contribution in [0.3, 0.4) is 0 Å². The maximum Gasteiger partial charge on any atom is 0.268 e. The van der Waals surface area contributed by atoms with Crippen LogP contribution >= 0.6 is 11.3 Å². The first kappa shape index (κ1) is 17.8. The molecule has 0 bridgehead atoms. The zero-order chi connectivity index (χ0) is 20.0. The first-order valence-corrected chi connectivity index (χ1v) is 8.76. The molecule has 0 atom stereocenters. The largest absolute Gasteiger partial charge is 0.382 e. The van der Waals surface area contributed by atoms with Gasteiger partial charge >= 0.3 is 0 Å². The molecule has 142 valence electrons. The van der Waals surface area contributed by atoms with Crippen molar-refractivity contribution in [3.8, 4) is 16.3 Å². The van der Waals surface area contributed by atoms with Gasteiger partial charge in [-0.25, -0.2) is 13.8 Å². The van der Waals surface area contributed by atoms with Crippen molar-refractivity contribution in [1.29, 1.82) is 0 Å². The molecular weight excluding hydrogens is 390 g/mol. The number of amides is 1. The summed E-state index contributed by atoms with van der Waals surface area (Å²) >= 11 is 1.05. The second-order valence-corrected chi connectivity index (χ2v) is 6.79. The highest BCUT2D eigenvalue weighted by atomic mass is 32.1. The summed E-state index contributed by atoms with van der Waals surface area (Å²) < 4.78 is 29.5. The molecule has 4 rings (SSSR count). The topological polar surface area (TPSA) is 119 Å². The number of H-pyrrole nitrogens is 1. The van der Waals surface area contributed by atoms with E-state index in [1.54, 1.807) is 0 Å². The number of carbonyl (C=O) groups is 1. The number of nitrogens with zero attached hydrogens (tertiary/aromatic N) is 3. The lowest BCUT2D eigenvalue weighted by atomic mass is 10.2. The summed E-state index contributed by atoms with van der Waals surface area (Å²) in [6.45, 7) is 0. The third-order valence-electron chi connectivity index (χ3n) is 4.12. The SMILES string of the molecule is CNC(=O)c1cnc(-c2cn(-c3c(F)cccc3F)c(=O)c3c(N)n[nH]c23)s1. The lowest BCUT2D eigenvalue weighted by molar-refractivity contribution is 0.0967. The van der Waals surface area contributed by atoms with Crippen LogP contribution in [0.25, 0.3) is 27.2 Å². The number of benzene rings is 1. The zero-order valence-electron chi connectivity index (χ0n) is 14.3. The molecule has 3 heterocycles. The maximum atomic E-state index is 14.3. The Morgan fingerprint density at radius 3 is 2.71 bits per heavy atom. The van der Waals surface area contributed by atoms with Crippen LogP contribution in [0, 0.1) is 11.6 Å². The molecule has 4 aromatic rings. The van der Waals surface area contributed by atoms with E-state index in [0.29, 0.717) is 15.4 Å². The van der Waals surface area contributed by atoms with Gasteiger partial charge < -0.3 is 11.1 Å². The molecule has 0 unspecified atom stereocenters. The fourth-order valence-corrected chi connectivity index (χ4v) is 3.69. The molecule has 0 aliphatic heterocycles. The van der Waals surface area contributed by atoms with Crippen molar-refractivity contribution in [2.75, 3.05) is 12.8 Å². The summed E-state index contributed by atoms with van der Waals surface area (Å²) in [5.74, 6) is -2.28. The van der Waals surface area contributed by atoms with E-state index in [1.807, 2.05) is 0 Å². The van der Waals surface area contributed by atoms with Gasteiger partial charge in [-0.05, 0) is 12.1 Å². The molecule has 4 N–H and O–H groups in total. The van der Waals surface area contributed by atoms with Crippen molar-refractivity contribution in [2.24, 2.45) is 0 Å². The minimum Gasteiger partial charge on any atom is -0.382 e. The van der Waals surface area contributed by atoms with Crippen LogP contribution in [-0.4, -0.2) is 32.7 Å². The molecule has 0 aliphatic rings. The van der Waals surface area contributed by atoms with Crippen LogP contribution in [-0.2, 0) is 0 Å². The van der Waals surface area contributed by atoms with E-state index in [-0.39, 0.29) is 22.6 Å². The van der Waals surface area contributed by atoms with Gasteiger partial charge in [-0.15, -0.1) is 11.3 Å². The second-order valence-electron chi connectivity index (χ2n) is 5.76. The van der Waals surface area contributed by atoms with E-state index >= 15 is 0 Å². The van der Waals surface area contributed by atoms with Crippen molar-refractivity contribution in [3.63, 3.8) is 0 Å². The van der Waals surface area contributed by atoms with E-state index in [4.69, 9.17) is 5.73 Å². The number of nitrogens with one attached hydrogen (secondary N) is 2. The molecule has 8 nitrogen and oxygen atoms in total. The fourth-order valence-electron chi connectivity index (χ4n) is 2.81. The number of hydrogen-bond acceptors (Lipinski definition) is 6. The predicted octanol–water partition coefficient (Wildman–Crippen LogP) is 2.06. The Bertz CT molecular complexity index is 1270. The Kier molecular flexibility index (Phi) is 4.15. The third-order valence-corrected chi connectivity index (χ3v) is 5.15. The first-order chi connectivity index (χ1) is 13.4. The van der Waals surface area contributed by atoms with Crippen LogP contribution < -0.4 is 16.6 Å². The Labute approximate surface area is 159 Å². The maximum absolute atomic E-state index is 14.3. The van der Waals surface area contributed by atoms with Crippen molar-refractivity contribution in [1.82, 2.24) is 25.1 Å². The van der Waals surface area contributed by atoms with Crippen LogP contribution in [0.5, 0.6) is 0 Å². The number of aromatic amines is 1. The number of rotatable bonds is 3. The van der Waals surface area contributed by atoms with E-state index in [0.717, 1.165) is 28.0 Å². The van der Waals surface area contributed by atoms with Gasteiger partial charge in [0.1, 0.15) is 32.6 Å². The van der Waals surface area contributed by atoms with Crippen molar-refractivity contribution in [3.05, 3.63) is 57.5 Å². The highest BCUT2D eigenvalue weighted by Crippen LogP contribution is 2.32. The molecule has 0 saturated carbocycles. The fraction of sp³-hybridized carbons (Fsp3) is 0.0588. The van der Waals surface area contributed by atoms with E-state index in [1.165, 1.54) is 25.5 Å². The molecule has 0 spiro atoms. The summed E-state index contributed by atoms with van der Waals surface area (Å²) in [5, 5.41) is 9.28. The van der Waals surface area contributed by atoms with Gasteiger partial charge in [0.15, 0.2) is 5.82 Å². The molecule has 3 aromatic heterocycles. The molecule has 0 saturated heterocycles. The van der Waals surface area contributed by atoms with Crippen LogP contribution in [0.1, 0.15) is 9.67 Å². The lowest BCUT2D eigenvalue weighted by Gasteiger charge is -2.10. The Balaban J connectivity index is 2.05. The number of thiazole rings is 1. The monoisotopic (exact) mass is 402 g/mol. The van der Waals surface area contributed by atoms with Gasteiger partial charge in [-0.2, -0.15) is 5.10 Å². The number of para-hydroxylation sites is 1. The van der Waals surface area contributed by atoms with Crippen molar-refractivity contribution < 1.29 is 13.6 Å². The molecule has 0 fully saturated rings. The molecule has 1 amide bonds. The third kappa shape index (κ3) is 2.63. The van der Waals surface area contributed by atoms with Crippen LogP contribution in [0.2, 0.25) is 0 Å². The van der Waals surface area contributed by atoms with Gasteiger partial charge in [0, 0.05) is 13.2 Å². The lowest BCUT2D eigenvalue weighted by Crippen LogP contribution is -2.21. The number of nitrogens with two attached hydrogens (primary N) is 1. The summed E-state index contributed by atoms with van der Waals surface area (Å²) in [5.41, 5.74) is 5.10. The van der Waals surface area contributed by atoms with Gasteiger partial charge in [0.05, 0.1) is 17.3 Å².